The standard InChI is InChI=1S/C8H10ClNO4S/c1-2-5(11)4-3-15(13,14)8-6(9)7(12)10(4)8/h4,6,8H,2-3H2,1H3/t4?,6-,8-/m0/s1. The summed E-state index contributed by atoms with van der Waals surface area (Å²) in [6.07, 6.45) is 0.226. The number of ketones is 1. The predicted molar refractivity (Wildman–Crippen MR) is 53.1 cm³/mol. The molecule has 0 N–H and O–H groups in total. The molecule has 0 aromatic heterocycles. The van der Waals surface area contributed by atoms with Crippen LogP contribution in [0.25, 0.3) is 0 Å². The molecular formula is C8H10ClNO4S. The Bertz CT molecular complexity index is 424. The van der Waals surface area contributed by atoms with Crippen molar-refractivity contribution in [3.05, 3.63) is 0 Å². The number of fused-ring (bicyclic) bond motifs is 1. The molecule has 0 saturated carbocycles. The van der Waals surface area contributed by atoms with E-state index in [-0.39, 0.29) is 18.0 Å². The summed E-state index contributed by atoms with van der Waals surface area (Å²) in [5.74, 6) is -0.952. The van der Waals surface area contributed by atoms with Gasteiger partial charge in [-0.3, -0.25) is 9.59 Å². The normalized spacial score (nSPS) is 37.3. The second-order valence-corrected chi connectivity index (χ2v) is 6.32. The number of hydrogen-bond donors (Lipinski definition) is 0. The third kappa shape index (κ3) is 1.31. The van der Waals surface area contributed by atoms with Crippen LogP contribution in [0, 0.1) is 0 Å². The summed E-state index contributed by atoms with van der Waals surface area (Å²) in [6, 6.07) is -0.813. The van der Waals surface area contributed by atoms with Gasteiger partial charge in [-0.15, -0.1) is 11.6 Å². The van der Waals surface area contributed by atoms with E-state index in [4.69, 9.17) is 11.6 Å². The third-order valence-corrected chi connectivity index (χ3v) is 5.42. The SMILES string of the molecule is CCC(=O)C1CS(=O)(=O)[C@H]2[C@@H](Cl)C(=O)N12. The highest BCUT2D eigenvalue weighted by Crippen LogP contribution is 2.38. The van der Waals surface area contributed by atoms with Crippen molar-refractivity contribution in [1.29, 1.82) is 0 Å². The number of rotatable bonds is 2. The van der Waals surface area contributed by atoms with Crippen LogP contribution in [0.3, 0.4) is 0 Å². The van der Waals surface area contributed by atoms with Crippen molar-refractivity contribution in [3.63, 3.8) is 0 Å². The average Bonchev–Trinajstić information content (AvgIpc) is 2.45. The molecular weight excluding hydrogens is 242 g/mol. The molecule has 2 fully saturated rings. The fraction of sp³-hybridized carbons (Fsp3) is 0.750. The maximum absolute atomic E-state index is 11.6. The Morgan fingerprint density at radius 1 is 1.60 bits per heavy atom. The minimum Gasteiger partial charge on any atom is -0.311 e. The van der Waals surface area contributed by atoms with E-state index >= 15 is 0 Å². The molecule has 2 rings (SSSR count). The summed E-state index contributed by atoms with van der Waals surface area (Å²) in [5.41, 5.74) is 0. The number of sulfone groups is 1. The van der Waals surface area contributed by atoms with E-state index < -0.39 is 32.5 Å². The number of hydrogen-bond acceptors (Lipinski definition) is 4. The molecule has 3 atom stereocenters. The van der Waals surface area contributed by atoms with Crippen molar-refractivity contribution in [2.45, 2.75) is 30.1 Å². The van der Waals surface area contributed by atoms with Gasteiger partial charge in [-0.05, 0) is 0 Å². The molecule has 0 radical (unpaired) electrons. The fourth-order valence-electron chi connectivity index (χ4n) is 2.02. The monoisotopic (exact) mass is 251 g/mol. The molecule has 2 aliphatic rings. The summed E-state index contributed by atoms with van der Waals surface area (Å²) in [6.45, 7) is 1.64. The van der Waals surface area contributed by atoms with Gasteiger partial charge in [0, 0.05) is 6.42 Å². The quantitative estimate of drug-likeness (QED) is 0.492. The zero-order valence-corrected chi connectivity index (χ0v) is 9.59. The van der Waals surface area contributed by atoms with Crippen LogP contribution >= 0.6 is 11.6 Å². The lowest BCUT2D eigenvalue weighted by Crippen LogP contribution is -2.64. The number of β-lactam (4-membered cyclic amide) rings is 1. The lowest BCUT2D eigenvalue weighted by Gasteiger charge is -2.39. The molecule has 0 spiro atoms. The Labute approximate surface area is 92.3 Å². The van der Waals surface area contributed by atoms with E-state index in [0.717, 1.165) is 4.90 Å². The highest BCUT2D eigenvalue weighted by atomic mass is 35.5. The van der Waals surface area contributed by atoms with Crippen molar-refractivity contribution in [2.24, 2.45) is 0 Å². The van der Waals surface area contributed by atoms with Crippen LogP contribution in [0.1, 0.15) is 13.3 Å². The predicted octanol–water partition coefficient (Wildman–Crippen LogP) is -0.462. The molecule has 0 aromatic carbocycles. The van der Waals surface area contributed by atoms with Gasteiger partial charge in [0.1, 0.15) is 11.4 Å². The Morgan fingerprint density at radius 2 is 2.20 bits per heavy atom. The Kier molecular flexibility index (Phi) is 2.31. The highest BCUT2D eigenvalue weighted by molar-refractivity contribution is 7.92. The fourth-order valence-corrected chi connectivity index (χ4v) is 4.78. The van der Waals surface area contributed by atoms with Crippen molar-refractivity contribution < 1.29 is 18.0 Å². The first kappa shape index (κ1) is 10.9. The van der Waals surface area contributed by atoms with Crippen LogP contribution < -0.4 is 0 Å². The van der Waals surface area contributed by atoms with Crippen molar-refractivity contribution in [2.75, 3.05) is 5.75 Å². The Morgan fingerprint density at radius 3 is 2.73 bits per heavy atom. The number of alkyl halides is 1. The van der Waals surface area contributed by atoms with Gasteiger partial charge in [0.05, 0.1) is 5.75 Å². The molecule has 2 saturated heterocycles. The molecule has 2 heterocycles. The lowest BCUT2D eigenvalue weighted by atomic mass is 10.1. The molecule has 2 aliphatic heterocycles. The van der Waals surface area contributed by atoms with E-state index in [0.29, 0.717) is 0 Å². The second kappa shape index (κ2) is 3.18. The first-order valence-electron chi connectivity index (χ1n) is 4.60. The minimum absolute atomic E-state index is 0.224. The van der Waals surface area contributed by atoms with Gasteiger partial charge in [-0.1, -0.05) is 6.92 Å². The van der Waals surface area contributed by atoms with E-state index in [1.165, 1.54) is 0 Å². The molecule has 0 aliphatic carbocycles. The Hall–Kier alpha value is -0.620. The van der Waals surface area contributed by atoms with Crippen molar-refractivity contribution in [1.82, 2.24) is 4.90 Å². The Balaban J connectivity index is 2.34. The zero-order valence-electron chi connectivity index (χ0n) is 8.01. The lowest BCUT2D eigenvalue weighted by molar-refractivity contribution is -0.147. The molecule has 15 heavy (non-hydrogen) atoms. The smallest absolute Gasteiger partial charge is 0.245 e. The topological polar surface area (TPSA) is 71.5 Å². The van der Waals surface area contributed by atoms with E-state index in [2.05, 4.69) is 0 Å². The van der Waals surface area contributed by atoms with Gasteiger partial charge in [0.15, 0.2) is 21.0 Å². The van der Waals surface area contributed by atoms with E-state index in [9.17, 15) is 18.0 Å². The molecule has 7 heteroatoms. The third-order valence-electron chi connectivity index (χ3n) is 2.83. The molecule has 0 aromatic rings. The van der Waals surface area contributed by atoms with Gasteiger partial charge in [0.2, 0.25) is 5.91 Å². The maximum atomic E-state index is 11.6. The number of Topliss-reactive ketones (excluding diaryl/α,β-unsaturated/α-hetero) is 1. The van der Waals surface area contributed by atoms with Gasteiger partial charge < -0.3 is 4.90 Å². The van der Waals surface area contributed by atoms with Crippen LogP contribution in [0.5, 0.6) is 0 Å². The summed E-state index contributed by atoms with van der Waals surface area (Å²) in [7, 11) is -3.42. The minimum atomic E-state index is -3.42. The van der Waals surface area contributed by atoms with Gasteiger partial charge >= 0.3 is 0 Å². The highest BCUT2D eigenvalue weighted by Gasteiger charge is 2.62. The molecule has 0 bridgehead atoms. The molecule has 84 valence electrons. The zero-order chi connectivity index (χ0) is 11.4. The number of carbonyl (C=O) groups excluding carboxylic acids is 2. The van der Waals surface area contributed by atoms with Crippen LogP contribution in [-0.4, -0.2) is 47.6 Å². The van der Waals surface area contributed by atoms with Crippen molar-refractivity contribution in [3.8, 4) is 0 Å². The van der Waals surface area contributed by atoms with E-state index in [1.54, 1.807) is 6.92 Å². The van der Waals surface area contributed by atoms with Crippen LogP contribution in [-0.2, 0) is 19.4 Å². The maximum Gasteiger partial charge on any atom is 0.245 e. The summed E-state index contributed by atoms with van der Waals surface area (Å²) < 4.78 is 23.2. The van der Waals surface area contributed by atoms with Crippen molar-refractivity contribution >= 4 is 33.1 Å². The number of amides is 1. The van der Waals surface area contributed by atoms with Crippen LogP contribution in [0.15, 0.2) is 0 Å². The molecule has 1 amide bonds. The largest absolute Gasteiger partial charge is 0.311 e. The summed E-state index contributed by atoms with van der Waals surface area (Å²) >= 11 is 5.62. The van der Waals surface area contributed by atoms with E-state index in [1.807, 2.05) is 0 Å². The van der Waals surface area contributed by atoms with Crippen LogP contribution in [0.2, 0.25) is 0 Å². The van der Waals surface area contributed by atoms with Gasteiger partial charge in [-0.25, -0.2) is 8.42 Å². The summed E-state index contributed by atoms with van der Waals surface area (Å²) in [4.78, 5) is 23.9. The number of halogens is 1. The van der Waals surface area contributed by atoms with Gasteiger partial charge in [-0.2, -0.15) is 0 Å². The first-order valence-corrected chi connectivity index (χ1v) is 6.76. The summed E-state index contributed by atoms with van der Waals surface area (Å²) in [5, 5.41) is -1.99. The van der Waals surface area contributed by atoms with Crippen LogP contribution in [0.4, 0.5) is 0 Å². The average molecular weight is 252 g/mol. The number of carbonyl (C=O) groups is 2. The first-order chi connectivity index (χ1) is 6.90. The number of nitrogens with zero attached hydrogens (tertiary/aromatic N) is 1. The van der Waals surface area contributed by atoms with Gasteiger partial charge in [0.25, 0.3) is 0 Å². The molecule has 5 nitrogen and oxygen atoms in total. The molecule has 1 unspecified atom stereocenters. The second-order valence-electron chi connectivity index (χ2n) is 3.70.